The zero-order chi connectivity index (χ0) is 21.7. The van der Waals surface area contributed by atoms with Crippen molar-refractivity contribution < 1.29 is 22.7 Å². The Balaban J connectivity index is 1.79. The van der Waals surface area contributed by atoms with Crippen LogP contribution in [0.4, 0.5) is 5.69 Å². The third-order valence-electron chi connectivity index (χ3n) is 5.16. The van der Waals surface area contributed by atoms with Gasteiger partial charge in [0.05, 0.1) is 28.5 Å². The van der Waals surface area contributed by atoms with Crippen LogP contribution in [-0.2, 0) is 14.6 Å². The Bertz CT molecular complexity index is 1030. The van der Waals surface area contributed by atoms with E-state index in [-0.39, 0.29) is 23.2 Å². The van der Waals surface area contributed by atoms with Gasteiger partial charge in [0.15, 0.2) is 9.84 Å². The van der Waals surface area contributed by atoms with Crippen LogP contribution in [0.15, 0.2) is 47.4 Å². The monoisotopic (exact) mass is 430 g/mol. The predicted octanol–water partition coefficient (Wildman–Crippen LogP) is 2.90. The number of amides is 2. The molecule has 2 aromatic carbocycles. The zero-order valence-electron chi connectivity index (χ0n) is 17.2. The first kappa shape index (κ1) is 22.0. The fraction of sp³-hybridized carbons (Fsp3) is 0.364. The van der Waals surface area contributed by atoms with E-state index in [1.165, 1.54) is 31.4 Å². The molecule has 30 heavy (non-hydrogen) atoms. The van der Waals surface area contributed by atoms with Gasteiger partial charge in [0.1, 0.15) is 0 Å². The summed E-state index contributed by atoms with van der Waals surface area (Å²) in [6.45, 7) is 3.39. The number of ether oxygens (including phenoxy) is 1. The number of sulfone groups is 1. The highest BCUT2D eigenvalue weighted by Gasteiger charge is 2.24. The predicted molar refractivity (Wildman–Crippen MR) is 115 cm³/mol. The van der Waals surface area contributed by atoms with Crippen LogP contribution in [0.3, 0.4) is 0 Å². The maximum atomic E-state index is 12.9. The molecule has 3 rings (SSSR count). The van der Waals surface area contributed by atoms with Gasteiger partial charge in [0.25, 0.3) is 11.8 Å². The van der Waals surface area contributed by atoms with Gasteiger partial charge in [-0.15, -0.1) is 0 Å². The van der Waals surface area contributed by atoms with Crippen molar-refractivity contribution >= 4 is 27.3 Å². The summed E-state index contributed by atoms with van der Waals surface area (Å²) in [7, 11) is -2.02. The van der Waals surface area contributed by atoms with E-state index in [9.17, 15) is 18.0 Å². The summed E-state index contributed by atoms with van der Waals surface area (Å²) in [4.78, 5) is 27.6. The molecule has 0 spiro atoms. The molecule has 0 saturated carbocycles. The minimum Gasteiger partial charge on any atom is -0.384 e. The van der Waals surface area contributed by atoms with E-state index in [0.29, 0.717) is 16.8 Å². The number of carbonyl (C=O) groups is 2. The third-order valence-corrected chi connectivity index (χ3v) is 6.85. The number of anilines is 1. The van der Waals surface area contributed by atoms with E-state index in [1.807, 2.05) is 13.0 Å². The van der Waals surface area contributed by atoms with Crippen molar-refractivity contribution in [3.8, 4) is 0 Å². The number of nitrogens with one attached hydrogen (secondary N) is 1. The maximum Gasteiger partial charge on any atom is 0.256 e. The van der Waals surface area contributed by atoms with E-state index in [0.717, 1.165) is 31.5 Å². The average molecular weight is 431 g/mol. The quantitative estimate of drug-likeness (QED) is 0.729. The van der Waals surface area contributed by atoms with Gasteiger partial charge in [-0.25, -0.2) is 8.42 Å². The Morgan fingerprint density at radius 2 is 1.73 bits per heavy atom. The lowest BCUT2D eigenvalue weighted by molar-refractivity contribution is 0.0793. The van der Waals surface area contributed by atoms with Crippen LogP contribution >= 0.6 is 0 Å². The summed E-state index contributed by atoms with van der Waals surface area (Å²) < 4.78 is 29.3. The van der Waals surface area contributed by atoms with Gasteiger partial charge < -0.3 is 15.0 Å². The lowest BCUT2D eigenvalue weighted by Crippen LogP contribution is -2.29. The molecule has 1 N–H and O–H groups in total. The number of rotatable bonds is 7. The van der Waals surface area contributed by atoms with Crippen LogP contribution in [-0.4, -0.2) is 57.7 Å². The maximum absolute atomic E-state index is 12.9. The van der Waals surface area contributed by atoms with E-state index >= 15 is 0 Å². The van der Waals surface area contributed by atoms with Crippen molar-refractivity contribution in [3.63, 3.8) is 0 Å². The number of nitrogens with zero attached hydrogens (tertiary/aromatic N) is 1. The van der Waals surface area contributed by atoms with Crippen LogP contribution in [0.1, 0.15) is 39.1 Å². The highest BCUT2D eigenvalue weighted by atomic mass is 32.2. The van der Waals surface area contributed by atoms with Crippen molar-refractivity contribution in [2.75, 3.05) is 37.9 Å². The lowest BCUT2D eigenvalue weighted by atomic mass is 10.0. The van der Waals surface area contributed by atoms with Crippen LogP contribution in [0.2, 0.25) is 0 Å². The summed E-state index contributed by atoms with van der Waals surface area (Å²) in [6, 6.07) is 11.1. The molecule has 0 radical (unpaired) electrons. The van der Waals surface area contributed by atoms with Crippen molar-refractivity contribution in [3.05, 3.63) is 59.2 Å². The lowest BCUT2D eigenvalue weighted by Gasteiger charge is -2.19. The Morgan fingerprint density at radius 3 is 2.37 bits per heavy atom. The van der Waals surface area contributed by atoms with Gasteiger partial charge in [-0.3, -0.25) is 9.59 Å². The normalized spacial score (nSPS) is 14.0. The molecule has 8 heteroatoms. The van der Waals surface area contributed by atoms with Crippen molar-refractivity contribution in [2.45, 2.75) is 24.7 Å². The third kappa shape index (κ3) is 4.88. The van der Waals surface area contributed by atoms with E-state index in [4.69, 9.17) is 4.74 Å². The number of hydrogen-bond donors (Lipinski definition) is 1. The van der Waals surface area contributed by atoms with Crippen LogP contribution in [0, 0.1) is 6.92 Å². The van der Waals surface area contributed by atoms with Crippen molar-refractivity contribution in [2.24, 2.45) is 0 Å². The first-order valence-corrected chi connectivity index (χ1v) is 11.5. The molecule has 0 aliphatic carbocycles. The summed E-state index contributed by atoms with van der Waals surface area (Å²) in [5, 5.41) is 2.81. The second kappa shape index (κ2) is 9.40. The molecule has 7 nitrogen and oxygen atoms in total. The molecular weight excluding hydrogens is 404 g/mol. The Hall–Kier alpha value is -2.71. The second-order valence-corrected chi connectivity index (χ2v) is 9.40. The molecular formula is C22H26N2O5S. The minimum atomic E-state index is -3.46. The van der Waals surface area contributed by atoms with Crippen LogP contribution in [0.25, 0.3) is 0 Å². The Morgan fingerprint density at radius 1 is 1.07 bits per heavy atom. The molecule has 1 aliphatic rings. The zero-order valence-corrected chi connectivity index (χ0v) is 18.0. The summed E-state index contributed by atoms with van der Waals surface area (Å²) in [6.07, 6.45) is 1.97. The molecule has 0 atom stereocenters. The summed E-state index contributed by atoms with van der Waals surface area (Å²) >= 11 is 0. The smallest absolute Gasteiger partial charge is 0.256 e. The molecule has 1 aliphatic heterocycles. The highest BCUT2D eigenvalue weighted by molar-refractivity contribution is 7.91. The topological polar surface area (TPSA) is 92.8 Å². The summed E-state index contributed by atoms with van der Waals surface area (Å²) in [5.41, 5.74) is 2.05. The standard InChI is InChI=1S/C22H26N2O5S/c1-16-6-5-7-19(20(16)22(26)24-12-3-4-13-24)23-21(25)17-8-10-18(11-9-17)30(27,28)15-14-29-2/h5-11H,3-4,12-15H2,1-2H3,(H,23,25). The number of aryl methyl sites for hydroxylation is 1. The van der Waals surface area contributed by atoms with Crippen LogP contribution in [0.5, 0.6) is 0 Å². The number of likely N-dealkylation sites (tertiary alicyclic amines) is 1. The molecule has 2 aromatic rings. The van der Waals surface area contributed by atoms with Gasteiger partial charge in [-0.2, -0.15) is 0 Å². The average Bonchev–Trinajstić information content (AvgIpc) is 3.27. The van der Waals surface area contributed by atoms with Crippen molar-refractivity contribution in [1.82, 2.24) is 4.90 Å². The molecule has 0 bridgehead atoms. The first-order chi connectivity index (χ1) is 14.3. The Labute approximate surface area is 177 Å². The molecule has 1 saturated heterocycles. The highest BCUT2D eigenvalue weighted by Crippen LogP contribution is 2.24. The van der Waals surface area contributed by atoms with Crippen molar-refractivity contribution in [1.29, 1.82) is 0 Å². The molecule has 0 aromatic heterocycles. The van der Waals surface area contributed by atoms with Crippen LogP contribution < -0.4 is 5.32 Å². The van der Waals surface area contributed by atoms with Gasteiger partial charge in [0, 0.05) is 25.8 Å². The number of benzene rings is 2. The van der Waals surface area contributed by atoms with E-state index < -0.39 is 15.7 Å². The molecule has 1 fully saturated rings. The minimum absolute atomic E-state index is 0.0829. The SMILES string of the molecule is COCCS(=O)(=O)c1ccc(C(=O)Nc2cccc(C)c2C(=O)N2CCCC2)cc1. The van der Waals surface area contributed by atoms with Gasteiger partial charge in [-0.1, -0.05) is 12.1 Å². The van der Waals surface area contributed by atoms with E-state index in [2.05, 4.69) is 5.32 Å². The largest absolute Gasteiger partial charge is 0.384 e. The van der Waals surface area contributed by atoms with E-state index in [1.54, 1.807) is 17.0 Å². The molecule has 160 valence electrons. The summed E-state index contributed by atoms with van der Waals surface area (Å²) in [5.74, 6) is -0.613. The molecule has 2 amide bonds. The molecule has 0 unspecified atom stereocenters. The first-order valence-electron chi connectivity index (χ1n) is 9.85. The number of carbonyl (C=O) groups excluding carboxylic acids is 2. The van der Waals surface area contributed by atoms with Gasteiger partial charge >= 0.3 is 0 Å². The number of methoxy groups -OCH3 is 1. The second-order valence-electron chi connectivity index (χ2n) is 7.29. The van der Waals surface area contributed by atoms with Gasteiger partial charge in [0.2, 0.25) is 0 Å². The Kier molecular flexibility index (Phi) is 6.89. The fourth-order valence-corrected chi connectivity index (χ4v) is 4.63. The molecule has 1 heterocycles. The fourth-order valence-electron chi connectivity index (χ4n) is 3.45. The number of hydrogen-bond acceptors (Lipinski definition) is 5. The van der Waals surface area contributed by atoms with Gasteiger partial charge in [-0.05, 0) is 55.7 Å².